The van der Waals surface area contributed by atoms with Crippen molar-refractivity contribution in [3.8, 4) is 5.75 Å². The number of nitrogens with one attached hydrogen (secondary N) is 3. The number of carbonyl (C=O) groups is 3. The number of nitrogens with two attached hydrogens (primary N) is 1. The van der Waals surface area contributed by atoms with E-state index < -0.39 is 17.9 Å². The Morgan fingerprint density at radius 1 is 0.943 bits per heavy atom. The monoisotopic (exact) mass is 474 g/mol. The van der Waals surface area contributed by atoms with E-state index >= 15 is 0 Å². The van der Waals surface area contributed by atoms with E-state index in [2.05, 4.69) is 10.6 Å². The summed E-state index contributed by atoms with van der Waals surface area (Å²) in [5, 5.41) is 22.1. The highest BCUT2D eigenvalue weighted by atomic mass is 16.5. The maximum Gasteiger partial charge on any atom is 0.326 e. The summed E-state index contributed by atoms with van der Waals surface area (Å²) in [6.07, 6.45) is 0.0873. The van der Waals surface area contributed by atoms with Crippen LogP contribution in [-0.4, -0.2) is 41.4 Å². The van der Waals surface area contributed by atoms with Crippen molar-refractivity contribution in [3.63, 3.8) is 0 Å². The zero-order valence-corrected chi connectivity index (χ0v) is 19.1. The number of benzene rings is 3. The first-order valence-electron chi connectivity index (χ1n) is 10.8. The molecule has 0 saturated carbocycles. The minimum Gasteiger partial charge on any atom is -0.484 e. The minimum atomic E-state index is -1.14. The molecule has 6 N–H and O–H groups in total. The topological polar surface area (TPSA) is 155 Å². The van der Waals surface area contributed by atoms with Crippen molar-refractivity contribution in [1.82, 2.24) is 5.32 Å². The predicted octanol–water partition coefficient (Wildman–Crippen LogP) is 2.72. The van der Waals surface area contributed by atoms with Crippen LogP contribution in [0.1, 0.15) is 27.0 Å². The van der Waals surface area contributed by atoms with Crippen molar-refractivity contribution >= 4 is 29.3 Å². The summed E-state index contributed by atoms with van der Waals surface area (Å²) in [5.41, 5.74) is 8.58. The van der Waals surface area contributed by atoms with E-state index in [4.69, 9.17) is 15.9 Å². The summed E-state index contributed by atoms with van der Waals surface area (Å²) in [5.74, 6) is -1.59. The van der Waals surface area contributed by atoms with E-state index in [0.717, 1.165) is 5.56 Å². The molecule has 0 aliphatic rings. The molecule has 9 heteroatoms. The highest BCUT2D eigenvalue weighted by Gasteiger charge is 2.21. The van der Waals surface area contributed by atoms with E-state index in [9.17, 15) is 19.5 Å². The number of carbonyl (C=O) groups excluding carboxylic acids is 2. The molecule has 9 nitrogen and oxygen atoms in total. The molecule has 0 aliphatic carbocycles. The van der Waals surface area contributed by atoms with E-state index in [1.807, 2.05) is 6.92 Å². The predicted molar refractivity (Wildman–Crippen MR) is 132 cm³/mol. The van der Waals surface area contributed by atoms with Gasteiger partial charge in [0.1, 0.15) is 17.6 Å². The number of amides is 2. The number of nitrogen functional groups attached to an aromatic ring is 1. The van der Waals surface area contributed by atoms with Gasteiger partial charge in [0.15, 0.2) is 6.61 Å². The minimum absolute atomic E-state index is 0.0574. The molecule has 3 aromatic carbocycles. The molecule has 1 atom stereocenters. The number of aliphatic carboxylic acids is 1. The Labute approximate surface area is 202 Å². The lowest BCUT2D eigenvalue weighted by atomic mass is 10.0. The second-order valence-electron chi connectivity index (χ2n) is 7.91. The van der Waals surface area contributed by atoms with Crippen LogP contribution in [0.5, 0.6) is 5.75 Å². The van der Waals surface area contributed by atoms with Crippen LogP contribution in [0.4, 0.5) is 5.69 Å². The molecule has 0 fully saturated rings. The molecule has 0 radical (unpaired) electrons. The molecule has 2 amide bonds. The zero-order valence-electron chi connectivity index (χ0n) is 19.1. The van der Waals surface area contributed by atoms with Crippen molar-refractivity contribution in [2.24, 2.45) is 5.73 Å². The Morgan fingerprint density at radius 3 is 2.11 bits per heavy atom. The number of aryl methyl sites for hydroxylation is 1. The standard InChI is InChI=1S/C26H26N4O5/c1-16-2-6-19(7-3-16)25(32)30-22(26(33)34)14-17-4-12-21(13-5-17)35-15-23(31)29-20-10-8-18(9-11-20)24(27)28/h2-13,22H,14-15H2,1H3,(H3,27,28)(H,29,31)(H,30,32)(H,33,34)/t22-/m0/s1. The largest absolute Gasteiger partial charge is 0.484 e. The van der Waals surface area contributed by atoms with Crippen molar-refractivity contribution in [3.05, 3.63) is 95.1 Å². The number of carboxylic acids is 1. The van der Waals surface area contributed by atoms with Crippen LogP contribution >= 0.6 is 0 Å². The molecule has 0 saturated heterocycles. The molecule has 0 unspecified atom stereocenters. The Hall–Kier alpha value is -4.66. The maximum absolute atomic E-state index is 12.4. The van der Waals surface area contributed by atoms with Gasteiger partial charge >= 0.3 is 5.97 Å². The van der Waals surface area contributed by atoms with Gasteiger partial charge in [0.25, 0.3) is 11.8 Å². The highest BCUT2D eigenvalue weighted by molar-refractivity contribution is 5.97. The number of carboxylic acid groups (broad SMARTS) is 1. The molecule has 0 spiro atoms. The maximum atomic E-state index is 12.4. The third kappa shape index (κ3) is 7.43. The molecule has 3 aromatic rings. The fraction of sp³-hybridized carbons (Fsp3) is 0.154. The van der Waals surface area contributed by atoms with Gasteiger partial charge in [-0.3, -0.25) is 15.0 Å². The number of rotatable bonds is 10. The van der Waals surface area contributed by atoms with Crippen LogP contribution < -0.4 is 21.1 Å². The zero-order chi connectivity index (χ0) is 25.4. The summed E-state index contributed by atoms with van der Waals surface area (Å²) in [6.45, 7) is 1.68. The van der Waals surface area contributed by atoms with E-state index in [1.54, 1.807) is 72.8 Å². The third-order valence-electron chi connectivity index (χ3n) is 5.13. The Kier molecular flexibility index (Phi) is 8.18. The van der Waals surface area contributed by atoms with Crippen LogP contribution in [-0.2, 0) is 16.0 Å². The second-order valence-corrected chi connectivity index (χ2v) is 7.91. The van der Waals surface area contributed by atoms with Gasteiger partial charge in [-0.2, -0.15) is 0 Å². The molecule has 35 heavy (non-hydrogen) atoms. The average molecular weight is 475 g/mol. The SMILES string of the molecule is Cc1ccc(C(=O)N[C@@H](Cc2ccc(OCC(=O)Nc3ccc(C(=N)N)cc3)cc2)C(=O)O)cc1. The highest BCUT2D eigenvalue weighted by Crippen LogP contribution is 2.15. The molecule has 180 valence electrons. The molecule has 0 aliphatic heterocycles. The number of amidine groups is 1. The smallest absolute Gasteiger partial charge is 0.326 e. The summed E-state index contributed by atoms with van der Waals surface area (Å²) < 4.78 is 5.49. The van der Waals surface area contributed by atoms with E-state index in [0.29, 0.717) is 28.1 Å². The summed E-state index contributed by atoms with van der Waals surface area (Å²) in [6, 6.07) is 18.9. The Morgan fingerprint density at radius 2 is 1.54 bits per heavy atom. The first-order chi connectivity index (χ1) is 16.7. The van der Waals surface area contributed by atoms with Gasteiger partial charge in [0.2, 0.25) is 0 Å². The van der Waals surface area contributed by atoms with Crippen molar-refractivity contribution < 1.29 is 24.2 Å². The fourth-order valence-electron chi connectivity index (χ4n) is 3.18. The summed E-state index contributed by atoms with van der Waals surface area (Å²) >= 11 is 0. The lowest BCUT2D eigenvalue weighted by Gasteiger charge is -2.15. The average Bonchev–Trinajstić information content (AvgIpc) is 2.83. The molecular weight excluding hydrogens is 448 g/mol. The first kappa shape index (κ1) is 25.0. The van der Waals surface area contributed by atoms with Crippen LogP contribution in [0, 0.1) is 12.3 Å². The van der Waals surface area contributed by atoms with Crippen LogP contribution in [0.2, 0.25) is 0 Å². The number of hydrogen-bond acceptors (Lipinski definition) is 5. The van der Waals surface area contributed by atoms with Gasteiger partial charge in [0, 0.05) is 23.2 Å². The fourth-order valence-corrected chi connectivity index (χ4v) is 3.18. The summed E-state index contributed by atoms with van der Waals surface area (Å²) in [4.78, 5) is 36.2. The second kappa shape index (κ2) is 11.5. The van der Waals surface area contributed by atoms with E-state index in [-0.39, 0.29) is 24.8 Å². The lowest BCUT2D eigenvalue weighted by Crippen LogP contribution is -2.42. The van der Waals surface area contributed by atoms with Gasteiger partial charge in [-0.05, 0) is 61.0 Å². The number of hydrogen-bond donors (Lipinski definition) is 5. The molecule has 0 heterocycles. The molecule has 3 rings (SSSR count). The first-order valence-corrected chi connectivity index (χ1v) is 10.8. The van der Waals surface area contributed by atoms with Gasteiger partial charge in [-0.25, -0.2) is 4.79 Å². The third-order valence-corrected chi connectivity index (χ3v) is 5.13. The van der Waals surface area contributed by atoms with Gasteiger partial charge < -0.3 is 26.2 Å². The normalized spacial score (nSPS) is 11.2. The van der Waals surface area contributed by atoms with Crippen molar-refractivity contribution in [2.45, 2.75) is 19.4 Å². The van der Waals surface area contributed by atoms with Crippen molar-refractivity contribution in [1.29, 1.82) is 5.41 Å². The molecule has 0 aromatic heterocycles. The number of anilines is 1. The van der Waals surface area contributed by atoms with Gasteiger partial charge in [-0.15, -0.1) is 0 Å². The van der Waals surface area contributed by atoms with Crippen LogP contribution in [0.25, 0.3) is 0 Å². The van der Waals surface area contributed by atoms with Crippen molar-refractivity contribution in [2.75, 3.05) is 11.9 Å². The van der Waals surface area contributed by atoms with Crippen LogP contribution in [0.3, 0.4) is 0 Å². The van der Waals surface area contributed by atoms with Gasteiger partial charge in [-0.1, -0.05) is 29.8 Å². The number of ether oxygens (including phenoxy) is 1. The quantitative estimate of drug-likeness (QED) is 0.225. The molecular formula is C26H26N4O5. The van der Waals surface area contributed by atoms with Crippen LogP contribution in [0.15, 0.2) is 72.8 Å². The van der Waals surface area contributed by atoms with E-state index in [1.165, 1.54) is 0 Å². The van der Waals surface area contributed by atoms with Gasteiger partial charge in [0.05, 0.1) is 0 Å². The Balaban J connectivity index is 1.51. The Bertz CT molecular complexity index is 1210. The molecule has 0 bridgehead atoms. The summed E-state index contributed by atoms with van der Waals surface area (Å²) in [7, 11) is 0. The lowest BCUT2D eigenvalue weighted by molar-refractivity contribution is -0.139.